The van der Waals surface area contributed by atoms with E-state index in [9.17, 15) is 4.79 Å². The molecule has 0 N–H and O–H groups in total. The Morgan fingerprint density at radius 3 is 2.48 bits per heavy atom. The molecule has 0 saturated heterocycles. The summed E-state index contributed by atoms with van der Waals surface area (Å²) in [5.41, 5.74) is 1.44. The molecule has 2 nitrogen and oxygen atoms in total. The van der Waals surface area contributed by atoms with Crippen LogP contribution in [0.2, 0.25) is 0 Å². The lowest BCUT2D eigenvalue weighted by Gasteiger charge is -2.51. The molecular weight excluding hydrogens is 284 g/mol. The fourth-order valence-corrected chi connectivity index (χ4v) is 7.03. The Kier molecular flexibility index (Phi) is 4.28. The number of rotatable bonds is 1. The number of carbonyl (C=O) groups is 1. The van der Waals surface area contributed by atoms with Gasteiger partial charge in [-0.05, 0) is 86.5 Å². The lowest BCUT2D eigenvalue weighted by Crippen LogP contribution is -2.43. The maximum absolute atomic E-state index is 11.5. The van der Waals surface area contributed by atoms with Crippen molar-refractivity contribution in [1.82, 2.24) is 0 Å². The van der Waals surface area contributed by atoms with Crippen LogP contribution in [0.25, 0.3) is 0 Å². The molecule has 0 aromatic rings. The number of allylic oxidation sites excluding steroid dienone is 1. The van der Waals surface area contributed by atoms with Crippen LogP contribution in [0.4, 0.5) is 0 Å². The Bertz CT molecular complexity index is 494. The van der Waals surface area contributed by atoms with Gasteiger partial charge in [0.2, 0.25) is 0 Å². The van der Waals surface area contributed by atoms with Gasteiger partial charge in [-0.25, -0.2) is 0 Å². The Labute approximate surface area is 141 Å². The van der Waals surface area contributed by atoms with Crippen molar-refractivity contribution in [2.45, 2.75) is 77.7 Å². The van der Waals surface area contributed by atoms with Crippen LogP contribution in [0.1, 0.15) is 71.6 Å². The molecule has 2 heteroatoms. The zero-order valence-electron chi connectivity index (χ0n) is 14.8. The SMILES string of the molecule is C/C=C1\C(OC(C)=O)CC2C1CCC1C3CCCCC3CCC21. The minimum Gasteiger partial charge on any atom is -0.458 e. The third kappa shape index (κ3) is 2.66. The van der Waals surface area contributed by atoms with Crippen molar-refractivity contribution in [2.24, 2.45) is 35.5 Å². The monoisotopic (exact) mass is 316 g/mol. The van der Waals surface area contributed by atoms with Gasteiger partial charge in [0.1, 0.15) is 6.10 Å². The molecule has 0 amide bonds. The third-order valence-corrected chi connectivity index (χ3v) is 7.74. The van der Waals surface area contributed by atoms with Crippen LogP contribution in [0, 0.1) is 35.5 Å². The van der Waals surface area contributed by atoms with Gasteiger partial charge < -0.3 is 4.74 Å². The van der Waals surface area contributed by atoms with E-state index in [4.69, 9.17) is 4.74 Å². The van der Waals surface area contributed by atoms with Crippen molar-refractivity contribution in [3.63, 3.8) is 0 Å². The highest BCUT2D eigenvalue weighted by Gasteiger charge is 2.52. The summed E-state index contributed by atoms with van der Waals surface area (Å²) in [6.07, 6.45) is 15.0. The molecule has 0 aliphatic heterocycles. The van der Waals surface area contributed by atoms with E-state index < -0.39 is 0 Å². The highest BCUT2D eigenvalue weighted by Crippen LogP contribution is 2.59. The van der Waals surface area contributed by atoms with Crippen LogP contribution in [0.3, 0.4) is 0 Å². The average molecular weight is 316 g/mol. The minimum atomic E-state index is -0.111. The number of hydrogen-bond acceptors (Lipinski definition) is 2. The molecule has 4 saturated carbocycles. The number of fused-ring (bicyclic) bond motifs is 5. The van der Waals surface area contributed by atoms with Crippen LogP contribution >= 0.6 is 0 Å². The van der Waals surface area contributed by atoms with Crippen molar-refractivity contribution in [3.05, 3.63) is 11.6 Å². The van der Waals surface area contributed by atoms with Gasteiger partial charge in [-0.2, -0.15) is 0 Å². The highest BCUT2D eigenvalue weighted by molar-refractivity contribution is 5.66. The van der Waals surface area contributed by atoms with E-state index >= 15 is 0 Å². The Balaban J connectivity index is 1.55. The van der Waals surface area contributed by atoms with Gasteiger partial charge in [0.15, 0.2) is 0 Å². The second-order valence-electron chi connectivity index (χ2n) is 8.58. The van der Waals surface area contributed by atoms with Gasteiger partial charge in [-0.1, -0.05) is 25.3 Å². The number of carbonyl (C=O) groups excluding carboxylic acids is 1. The van der Waals surface area contributed by atoms with Crippen LogP contribution in [-0.2, 0) is 9.53 Å². The Morgan fingerprint density at radius 2 is 1.70 bits per heavy atom. The normalized spacial score (nSPS) is 47.6. The van der Waals surface area contributed by atoms with Crippen LogP contribution in [0.15, 0.2) is 11.6 Å². The van der Waals surface area contributed by atoms with Gasteiger partial charge in [0, 0.05) is 6.92 Å². The summed E-state index contributed by atoms with van der Waals surface area (Å²) in [4.78, 5) is 11.5. The molecule has 0 aromatic carbocycles. The molecule has 7 atom stereocenters. The maximum atomic E-state index is 11.5. The van der Waals surface area contributed by atoms with E-state index in [1.54, 1.807) is 6.92 Å². The molecule has 128 valence electrons. The van der Waals surface area contributed by atoms with Crippen molar-refractivity contribution >= 4 is 5.97 Å². The van der Waals surface area contributed by atoms with Crippen molar-refractivity contribution in [3.8, 4) is 0 Å². The minimum absolute atomic E-state index is 0.0790. The molecule has 0 bridgehead atoms. The lowest BCUT2D eigenvalue weighted by atomic mass is 9.54. The first kappa shape index (κ1) is 15.7. The topological polar surface area (TPSA) is 26.3 Å². The molecule has 0 radical (unpaired) electrons. The molecule has 0 aromatic heterocycles. The number of ether oxygens (including phenoxy) is 1. The quantitative estimate of drug-likeness (QED) is 0.495. The Morgan fingerprint density at radius 1 is 0.957 bits per heavy atom. The molecule has 23 heavy (non-hydrogen) atoms. The predicted octanol–water partition coefficient (Wildman–Crippen LogP) is 5.13. The molecular formula is C21H32O2. The maximum Gasteiger partial charge on any atom is 0.303 e. The molecule has 7 unspecified atom stereocenters. The van der Waals surface area contributed by atoms with E-state index in [0.717, 1.165) is 36.0 Å². The van der Waals surface area contributed by atoms with E-state index in [0.29, 0.717) is 5.92 Å². The van der Waals surface area contributed by atoms with Crippen molar-refractivity contribution in [1.29, 1.82) is 0 Å². The smallest absolute Gasteiger partial charge is 0.303 e. The average Bonchev–Trinajstić information content (AvgIpc) is 2.91. The first-order valence-corrected chi connectivity index (χ1v) is 10.0. The third-order valence-electron chi connectivity index (χ3n) is 7.74. The zero-order valence-corrected chi connectivity index (χ0v) is 14.8. The number of esters is 1. The van der Waals surface area contributed by atoms with Gasteiger partial charge in [0.05, 0.1) is 0 Å². The van der Waals surface area contributed by atoms with Gasteiger partial charge in [0.25, 0.3) is 0 Å². The molecule has 0 heterocycles. The zero-order chi connectivity index (χ0) is 16.0. The predicted molar refractivity (Wildman–Crippen MR) is 91.8 cm³/mol. The summed E-state index contributed by atoms with van der Waals surface area (Å²) in [6.45, 7) is 3.70. The van der Waals surface area contributed by atoms with Crippen molar-refractivity contribution in [2.75, 3.05) is 0 Å². The molecule has 4 aliphatic rings. The standard InChI is InChI=1S/C21H32O2/c1-3-15-17-10-11-18-16-7-5-4-6-14(16)8-9-19(18)20(17)12-21(15)23-13(2)22/h3,14,16-21H,4-12H2,1-2H3/b15-3-. The lowest BCUT2D eigenvalue weighted by molar-refractivity contribution is -0.144. The summed E-state index contributed by atoms with van der Waals surface area (Å²) in [5, 5.41) is 0. The first-order valence-electron chi connectivity index (χ1n) is 10.0. The van der Waals surface area contributed by atoms with E-state index in [2.05, 4.69) is 13.0 Å². The molecule has 4 rings (SSSR count). The van der Waals surface area contributed by atoms with Crippen LogP contribution in [0.5, 0.6) is 0 Å². The van der Waals surface area contributed by atoms with Crippen molar-refractivity contribution < 1.29 is 9.53 Å². The van der Waals surface area contributed by atoms with Crippen LogP contribution < -0.4 is 0 Å². The van der Waals surface area contributed by atoms with Gasteiger partial charge in [-0.3, -0.25) is 4.79 Å². The van der Waals surface area contributed by atoms with Crippen LogP contribution in [-0.4, -0.2) is 12.1 Å². The molecule has 4 fully saturated rings. The Hall–Kier alpha value is -0.790. The second kappa shape index (κ2) is 6.26. The summed E-state index contributed by atoms with van der Waals surface area (Å²) >= 11 is 0. The van der Waals surface area contributed by atoms with E-state index in [1.165, 1.54) is 56.9 Å². The van der Waals surface area contributed by atoms with Gasteiger partial charge in [-0.15, -0.1) is 0 Å². The fourth-order valence-electron chi connectivity index (χ4n) is 7.03. The summed E-state index contributed by atoms with van der Waals surface area (Å²) in [7, 11) is 0. The van der Waals surface area contributed by atoms with E-state index in [-0.39, 0.29) is 12.1 Å². The second-order valence-corrected chi connectivity index (χ2v) is 8.58. The number of hydrogen-bond donors (Lipinski definition) is 0. The summed E-state index contributed by atoms with van der Waals surface area (Å²) in [6, 6.07) is 0. The fraction of sp³-hybridized carbons (Fsp3) is 0.857. The molecule has 0 spiro atoms. The molecule has 4 aliphatic carbocycles. The summed E-state index contributed by atoms with van der Waals surface area (Å²) < 4.78 is 5.69. The van der Waals surface area contributed by atoms with Gasteiger partial charge >= 0.3 is 5.97 Å². The largest absolute Gasteiger partial charge is 0.458 e. The summed E-state index contributed by atoms with van der Waals surface area (Å²) in [5.74, 6) is 5.31. The highest BCUT2D eigenvalue weighted by atomic mass is 16.5. The first-order chi connectivity index (χ1) is 11.2. The van der Waals surface area contributed by atoms with E-state index in [1.807, 2.05) is 0 Å².